The summed E-state index contributed by atoms with van der Waals surface area (Å²) < 4.78 is 38.3. The fourth-order valence-electron chi connectivity index (χ4n) is 2.36. The number of benzene rings is 2. The molecule has 0 aliphatic heterocycles. The van der Waals surface area contributed by atoms with Gasteiger partial charge in [-0.3, -0.25) is 0 Å². The summed E-state index contributed by atoms with van der Waals surface area (Å²) in [5, 5.41) is 9.02. The molecular weight excluding hydrogens is 340 g/mol. The first-order valence-electron chi connectivity index (χ1n) is 7.73. The van der Waals surface area contributed by atoms with E-state index in [0.29, 0.717) is 11.6 Å². The number of esters is 1. The molecule has 6 heteroatoms. The van der Waals surface area contributed by atoms with Crippen LogP contribution in [0.2, 0.25) is 0 Å². The van der Waals surface area contributed by atoms with Crippen molar-refractivity contribution in [2.24, 2.45) is 0 Å². The van der Waals surface area contributed by atoms with Crippen LogP contribution in [-0.2, 0) is 10.7 Å². The highest BCUT2D eigenvalue weighted by molar-refractivity contribution is 5.89. The Balaban J connectivity index is 2.25. The normalized spacial score (nSPS) is 12.0. The van der Waals surface area contributed by atoms with Crippen molar-refractivity contribution in [2.75, 3.05) is 7.11 Å². The molecule has 0 amide bonds. The number of hydrogen-bond acceptors (Lipinski definition) is 4. The Morgan fingerprint density at radius 1 is 1.27 bits per heavy atom. The Morgan fingerprint density at radius 3 is 2.46 bits per heavy atom. The van der Waals surface area contributed by atoms with Gasteiger partial charge in [-0.25, -0.2) is 4.79 Å². The molecule has 134 valence electrons. The van der Waals surface area contributed by atoms with E-state index in [9.17, 15) is 13.6 Å². The van der Waals surface area contributed by atoms with Gasteiger partial charge in [-0.05, 0) is 48.9 Å². The first kappa shape index (κ1) is 19.1. The second kappa shape index (κ2) is 7.79. The zero-order chi connectivity index (χ0) is 19.3. The van der Waals surface area contributed by atoms with Crippen LogP contribution in [0.3, 0.4) is 0 Å². The minimum absolute atomic E-state index is 0.141. The molecule has 0 heterocycles. The molecule has 1 unspecified atom stereocenters. The van der Waals surface area contributed by atoms with Crippen LogP contribution in [0.25, 0.3) is 0 Å². The molecule has 0 aromatic heterocycles. The quantitative estimate of drug-likeness (QED) is 0.552. The highest BCUT2D eigenvalue weighted by Gasteiger charge is 2.31. The Bertz CT molecular complexity index is 854. The second-order valence-electron chi connectivity index (χ2n) is 5.52. The van der Waals surface area contributed by atoms with Gasteiger partial charge in [0, 0.05) is 5.56 Å². The largest absolute Gasteiger partial charge is 0.486 e. The van der Waals surface area contributed by atoms with Crippen LogP contribution in [0.5, 0.6) is 5.75 Å². The first-order chi connectivity index (χ1) is 12.3. The summed E-state index contributed by atoms with van der Waals surface area (Å²) in [5.41, 5.74) is 0.548. The molecule has 2 aromatic carbocycles. The van der Waals surface area contributed by atoms with Crippen molar-refractivity contribution in [2.45, 2.75) is 19.0 Å². The third kappa shape index (κ3) is 4.06. The summed E-state index contributed by atoms with van der Waals surface area (Å²) in [4.78, 5) is 11.4. The van der Waals surface area contributed by atoms with Gasteiger partial charge in [-0.15, -0.1) is 0 Å². The van der Waals surface area contributed by atoms with E-state index >= 15 is 0 Å². The lowest BCUT2D eigenvalue weighted by Gasteiger charge is -2.18. The van der Waals surface area contributed by atoms with Gasteiger partial charge in [0.2, 0.25) is 0 Å². The van der Waals surface area contributed by atoms with Crippen molar-refractivity contribution in [3.63, 3.8) is 0 Å². The van der Waals surface area contributed by atoms with E-state index in [2.05, 4.69) is 11.3 Å². The maximum atomic E-state index is 14.0. The van der Waals surface area contributed by atoms with E-state index in [4.69, 9.17) is 10.00 Å². The van der Waals surface area contributed by atoms with Gasteiger partial charge in [0.05, 0.1) is 24.3 Å². The summed E-state index contributed by atoms with van der Waals surface area (Å²) in [6, 6.07) is 12.2. The number of methoxy groups -OCH3 is 1. The highest BCUT2D eigenvalue weighted by atomic mass is 19.3. The third-order valence-electron chi connectivity index (χ3n) is 3.84. The van der Waals surface area contributed by atoms with Gasteiger partial charge in [0.25, 0.3) is 5.92 Å². The number of carbonyl (C=O) groups is 1. The summed E-state index contributed by atoms with van der Waals surface area (Å²) in [5.74, 6) is -3.59. The summed E-state index contributed by atoms with van der Waals surface area (Å²) in [6.07, 6.45) is 0.0295. The number of hydrogen-bond donors (Lipinski definition) is 0. The maximum Gasteiger partial charge on any atom is 0.337 e. The van der Waals surface area contributed by atoms with E-state index in [1.807, 2.05) is 0 Å². The molecular formula is C20H17F2NO3. The van der Waals surface area contributed by atoms with Crippen LogP contribution < -0.4 is 4.74 Å². The number of allylic oxidation sites excluding steroid dienone is 1. The molecule has 1 atom stereocenters. The predicted molar refractivity (Wildman–Crippen MR) is 92.1 cm³/mol. The van der Waals surface area contributed by atoms with Gasteiger partial charge < -0.3 is 9.47 Å². The fourth-order valence-corrected chi connectivity index (χ4v) is 2.36. The van der Waals surface area contributed by atoms with Crippen molar-refractivity contribution in [3.8, 4) is 11.8 Å². The summed E-state index contributed by atoms with van der Waals surface area (Å²) in [7, 11) is 1.30. The molecule has 0 radical (unpaired) electrons. The molecule has 4 nitrogen and oxygen atoms in total. The molecule has 0 bridgehead atoms. The number of nitrogens with zero attached hydrogens (tertiary/aromatic N) is 1. The van der Waals surface area contributed by atoms with E-state index in [-0.39, 0.29) is 11.3 Å². The molecule has 0 aliphatic carbocycles. The van der Waals surface area contributed by atoms with Gasteiger partial charge in [-0.2, -0.15) is 14.0 Å². The monoisotopic (exact) mass is 357 g/mol. The lowest BCUT2D eigenvalue weighted by molar-refractivity contribution is 0.0517. The maximum absolute atomic E-state index is 14.0. The van der Waals surface area contributed by atoms with Crippen LogP contribution in [0, 0.1) is 11.3 Å². The Labute approximate surface area is 150 Å². The Kier molecular flexibility index (Phi) is 5.73. The number of carbonyl (C=O) groups excluding carboxylic acids is 1. The average molecular weight is 357 g/mol. The van der Waals surface area contributed by atoms with Crippen LogP contribution in [0.1, 0.15) is 40.1 Å². The highest BCUT2D eigenvalue weighted by Crippen LogP contribution is 2.35. The molecule has 0 saturated heterocycles. The van der Waals surface area contributed by atoms with Gasteiger partial charge in [-0.1, -0.05) is 18.7 Å². The van der Waals surface area contributed by atoms with Crippen molar-refractivity contribution < 1.29 is 23.0 Å². The molecule has 0 saturated carbocycles. The van der Waals surface area contributed by atoms with Crippen molar-refractivity contribution in [1.82, 2.24) is 0 Å². The van der Waals surface area contributed by atoms with Crippen molar-refractivity contribution in [1.29, 1.82) is 5.26 Å². The number of rotatable bonds is 6. The van der Waals surface area contributed by atoms with E-state index in [1.54, 1.807) is 37.3 Å². The minimum atomic E-state index is -3.34. The molecule has 0 fully saturated rings. The Morgan fingerprint density at radius 2 is 1.92 bits per heavy atom. The van der Waals surface area contributed by atoms with E-state index in [0.717, 1.165) is 11.6 Å². The van der Waals surface area contributed by atoms with E-state index < -0.39 is 23.6 Å². The number of halogens is 2. The second-order valence-corrected chi connectivity index (χ2v) is 5.52. The Hall–Kier alpha value is -3.20. The van der Waals surface area contributed by atoms with Gasteiger partial charge in [0.15, 0.2) is 0 Å². The third-order valence-corrected chi connectivity index (χ3v) is 3.84. The van der Waals surface area contributed by atoms with Gasteiger partial charge in [0.1, 0.15) is 11.9 Å². The summed E-state index contributed by atoms with van der Waals surface area (Å²) >= 11 is 0. The zero-order valence-corrected chi connectivity index (χ0v) is 14.3. The molecule has 2 aromatic rings. The van der Waals surface area contributed by atoms with Crippen LogP contribution >= 0.6 is 0 Å². The molecule has 0 N–H and O–H groups in total. The number of ether oxygens (including phenoxy) is 2. The molecule has 2 rings (SSSR count). The fraction of sp³-hybridized carbons (Fsp3) is 0.200. The lowest BCUT2D eigenvalue weighted by Crippen LogP contribution is -2.12. The lowest BCUT2D eigenvalue weighted by atomic mass is 10.0. The SMILES string of the molecule is C=CC(F)(F)c1cc(OC(C)c2ccc(C(=O)OC)cc2)ccc1C#N. The molecule has 26 heavy (non-hydrogen) atoms. The standard InChI is InChI=1S/C20H17F2NO3/c1-4-20(21,22)18-11-17(10-9-16(18)12-23)26-13(2)14-5-7-15(8-6-14)19(24)25-3/h4-11,13H,1H2,2-3H3. The van der Waals surface area contributed by atoms with Crippen molar-refractivity contribution >= 4 is 5.97 Å². The van der Waals surface area contributed by atoms with Crippen molar-refractivity contribution in [3.05, 3.63) is 77.4 Å². The number of nitriles is 1. The molecule has 0 spiro atoms. The average Bonchev–Trinajstić information content (AvgIpc) is 2.67. The molecule has 0 aliphatic rings. The zero-order valence-electron chi connectivity index (χ0n) is 14.3. The predicted octanol–water partition coefficient (Wildman–Crippen LogP) is 4.76. The van der Waals surface area contributed by atoms with Crippen LogP contribution in [0.4, 0.5) is 8.78 Å². The smallest absolute Gasteiger partial charge is 0.337 e. The first-order valence-corrected chi connectivity index (χ1v) is 7.73. The van der Waals surface area contributed by atoms with Crippen LogP contribution in [0.15, 0.2) is 55.1 Å². The van der Waals surface area contributed by atoms with E-state index in [1.165, 1.54) is 19.2 Å². The minimum Gasteiger partial charge on any atom is -0.486 e. The summed E-state index contributed by atoms with van der Waals surface area (Å²) in [6.45, 7) is 4.86. The number of alkyl halides is 2. The van der Waals surface area contributed by atoms with Crippen LogP contribution in [-0.4, -0.2) is 13.1 Å². The van der Waals surface area contributed by atoms with Gasteiger partial charge >= 0.3 is 5.97 Å². The topological polar surface area (TPSA) is 59.3 Å².